The maximum Gasteiger partial charge on any atom is 0.222 e. The van der Waals surface area contributed by atoms with Gasteiger partial charge >= 0.3 is 0 Å². The molecule has 2 unspecified atom stereocenters. The topological polar surface area (TPSA) is 92.6 Å². The number of amides is 1. The van der Waals surface area contributed by atoms with Crippen LogP contribution in [0.1, 0.15) is 31.4 Å². The normalized spacial score (nSPS) is 21.2. The second-order valence-electron chi connectivity index (χ2n) is 5.22. The number of benzene rings is 1. The summed E-state index contributed by atoms with van der Waals surface area (Å²) in [7, 11) is 0. The molecular weight excluding hydrogens is 242 g/mol. The van der Waals surface area contributed by atoms with E-state index < -0.39 is 0 Å². The van der Waals surface area contributed by atoms with Crippen LogP contribution in [0.5, 0.6) is 5.75 Å². The molecule has 0 saturated carbocycles. The molecule has 0 aliphatic carbocycles. The minimum atomic E-state index is -0.249. The van der Waals surface area contributed by atoms with Gasteiger partial charge in [0.2, 0.25) is 5.91 Å². The Morgan fingerprint density at radius 1 is 1.53 bits per heavy atom. The van der Waals surface area contributed by atoms with Gasteiger partial charge in [-0.3, -0.25) is 4.79 Å². The molecule has 5 nitrogen and oxygen atoms in total. The molecule has 5 heteroatoms. The van der Waals surface area contributed by atoms with Gasteiger partial charge in [0, 0.05) is 36.4 Å². The molecule has 0 aromatic heterocycles. The van der Waals surface area contributed by atoms with Crippen LogP contribution >= 0.6 is 0 Å². The van der Waals surface area contributed by atoms with Gasteiger partial charge in [-0.2, -0.15) is 0 Å². The molecule has 1 aliphatic rings. The number of carbonyl (C=O) groups excluding carboxylic acids is 1. The van der Waals surface area contributed by atoms with E-state index in [0.29, 0.717) is 6.54 Å². The lowest BCUT2D eigenvalue weighted by molar-refractivity contribution is -0.122. The van der Waals surface area contributed by atoms with E-state index in [-0.39, 0.29) is 23.6 Å². The Bertz CT molecular complexity index is 474. The first-order chi connectivity index (χ1) is 8.99. The van der Waals surface area contributed by atoms with Crippen LogP contribution in [0.2, 0.25) is 0 Å². The Balaban J connectivity index is 2.18. The van der Waals surface area contributed by atoms with Crippen LogP contribution in [0.3, 0.4) is 0 Å². The monoisotopic (exact) mass is 263 g/mol. The highest BCUT2D eigenvalue weighted by Gasteiger charge is 2.24. The zero-order chi connectivity index (χ0) is 14.0. The van der Waals surface area contributed by atoms with E-state index in [4.69, 9.17) is 11.5 Å². The van der Waals surface area contributed by atoms with Crippen LogP contribution in [-0.2, 0) is 4.79 Å². The van der Waals surface area contributed by atoms with Crippen molar-refractivity contribution in [3.63, 3.8) is 0 Å². The van der Waals surface area contributed by atoms with Crippen LogP contribution in [0.25, 0.3) is 0 Å². The minimum Gasteiger partial charge on any atom is -0.508 e. The van der Waals surface area contributed by atoms with E-state index in [1.807, 2.05) is 19.1 Å². The summed E-state index contributed by atoms with van der Waals surface area (Å²) < 4.78 is 0. The molecule has 1 amide bonds. The first-order valence-electron chi connectivity index (χ1n) is 6.62. The molecular formula is C14H21N3O2. The summed E-state index contributed by atoms with van der Waals surface area (Å²) in [5, 5.41) is 9.97. The van der Waals surface area contributed by atoms with E-state index >= 15 is 0 Å². The van der Waals surface area contributed by atoms with Crippen molar-refractivity contribution in [3.8, 4) is 5.75 Å². The maximum absolute atomic E-state index is 11.3. The van der Waals surface area contributed by atoms with E-state index in [1.165, 1.54) is 0 Å². The molecule has 1 fully saturated rings. The van der Waals surface area contributed by atoms with Crippen molar-refractivity contribution in [3.05, 3.63) is 23.8 Å². The van der Waals surface area contributed by atoms with Crippen molar-refractivity contribution in [2.75, 3.05) is 18.0 Å². The number of nitrogens with two attached hydrogens (primary N) is 2. The van der Waals surface area contributed by atoms with Gasteiger partial charge in [-0.1, -0.05) is 6.07 Å². The van der Waals surface area contributed by atoms with Crippen LogP contribution < -0.4 is 16.4 Å². The van der Waals surface area contributed by atoms with Crippen LogP contribution in [0, 0.1) is 5.92 Å². The number of primary amides is 1. The molecule has 104 valence electrons. The number of piperidine rings is 1. The van der Waals surface area contributed by atoms with Crippen molar-refractivity contribution < 1.29 is 9.90 Å². The lowest BCUT2D eigenvalue weighted by atomic mass is 9.96. The third-order valence-electron chi connectivity index (χ3n) is 3.69. The van der Waals surface area contributed by atoms with Gasteiger partial charge in [0.15, 0.2) is 0 Å². The smallest absolute Gasteiger partial charge is 0.222 e. The number of anilines is 1. The molecule has 5 N–H and O–H groups in total. The van der Waals surface area contributed by atoms with E-state index in [1.54, 1.807) is 6.07 Å². The van der Waals surface area contributed by atoms with Gasteiger partial charge in [0.05, 0.1) is 5.92 Å². The molecule has 1 saturated heterocycles. The van der Waals surface area contributed by atoms with Crippen molar-refractivity contribution >= 4 is 11.6 Å². The summed E-state index contributed by atoms with van der Waals surface area (Å²) in [6, 6.07) is 5.28. The first-order valence-corrected chi connectivity index (χ1v) is 6.62. The van der Waals surface area contributed by atoms with Crippen molar-refractivity contribution in [2.45, 2.75) is 25.8 Å². The zero-order valence-electron chi connectivity index (χ0n) is 11.2. The van der Waals surface area contributed by atoms with Crippen LogP contribution in [0.4, 0.5) is 5.69 Å². The molecule has 1 aromatic rings. The average molecular weight is 263 g/mol. The number of rotatable bonds is 3. The number of hydrogen-bond donors (Lipinski definition) is 3. The standard InChI is InChI=1S/C14H21N3O2/c1-9(15)12-5-4-11(7-13(12)18)17-6-2-3-10(8-17)14(16)19/h4-5,7,9-10,18H,2-3,6,8,15H2,1H3,(H2,16,19). The van der Waals surface area contributed by atoms with Gasteiger partial charge in [0.1, 0.15) is 5.75 Å². The molecule has 1 aromatic carbocycles. The summed E-state index contributed by atoms with van der Waals surface area (Å²) in [6.07, 6.45) is 1.78. The molecule has 1 heterocycles. The number of carbonyl (C=O) groups is 1. The molecule has 0 spiro atoms. The number of aromatic hydroxyl groups is 1. The quantitative estimate of drug-likeness (QED) is 0.761. The van der Waals surface area contributed by atoms with Crippen molar-refractivity contribution in [2.24, 2.45) is 17.4 Å². The summed E-state index contributed by atoms with van der Waals surface area (Å²) >= 11 is 0. The molecule has 2 atom stereocenters. The molecule has 0 radical (unpaired) electrons. The predicted molar refractivity (Wildman–Crippen MR) is 74.8 cm³/mol. The second-order valence-corrected chi connectivity index (χ2v) is 5.22. The highest BCUT2D eigenvalue weighted by Crippen LogP contribution is 2.30. The summed E-state index contributed by atoms with van der Waals surface area (Å²) in [5.41, 5.74) is 12.8. The van der Waals surface area contributed by atoms with Gasteiger partial charge < -0.3 is 21.5 Å². The fourth-order valence-corrected chi connectivity index (χ4v) is 2.56. The number of hydrogen-bond acceptors (Lipinski definition) is 4. The van der Waals surface area contributed by atoms with Crippen molar-refractivity contribution in [1.82, 2.24) is 0 Å². The van der Waals surface area contributed by atoms with Gasteiger partial charge in [0.25, 0.3) is 0 Å². The molecule has 2 rings (SSSR count). The van der Waals surface area contributed by atoms with E-state index in [9.17, 15) is 9.90 Å². The highest BCUT2D eigenvalue weighted by atomic mass is 16.3. The lowest BCUT2D eigenvalue weighted by Crippen LogP contribution is -2.41. The van der Waals surface area contributed by atoms with Crippen LogP contribution in [-0.4, -0.2) is 24.1 Å². The van der Waals surface area contributed by atoms with Gasteiger partial charge in [-0.05, 0) is 25.8 Å². The third-order valence-corrected chi connectivity index (χ3v) is 3.69. The summed E-state index contributed by atoms with van der Waals surface area (Å²) in [5.74, 6) is -0.154. The molecule has 1 aliphatic heterocycles. The summed E-state index contributed by atoms with van der Waals surface area (Å²) in [6.45, 7) is 3.33. The summed E-state index contributed by atoms with van der Waals surface area (Å²) in [4.78, 5) is 13.4. The maximum atomic E-state index is 11.3. The number of nitrogens with zero attached hydrogens (tertiary/aromatic N) is 1. The Kier molecular flexibility index (Phi) is 3.95. The van der Waals surface area contributed by atoms with Gasteiger partial charge in [-0.15, -0.1) is 0 Å². The van der Waals surface area contributed by atoms with Crippen LogP contribution in [0.15, 0.2) is 18.2 Å². The highest BCUT2D eigenvalue weighted by molar-refractivity contribution is 5.77. The predicted octanol–water partition coefficient (Wildman–Crippen LogP) is 1.11. The zero-order valence-corrected chi connectivity index (χ0v) is 11.2. The minimum absolute atomic E-state index is 0.107. The SMILES string of the molecule is CC(N)c1ccc(N2CCCC(C(N)=O)C2)cc1O. The molecule has 19 heavy (non-hydrogen) atoms. The van der Waals surface area contributed by atoms with Crippen molar-refractivity contribution in [1.29, 1.82) is 0 Å². The van der Waals surface area contributed by atoms with E-state index in [0.717, 1.165) is 30.6 Å². The fourth-order valence-electron chi connectivity index (χ4n) is 2.56. The number of phenolic OH excluding ortho intramolecular Hbond substituents is 1. The Morgan fingerprint density at radius 3 is 2.84 bits per heavy atom. The fraction of sp³-hybridized carbons (Fsp3) is 0.500. The largest absolute Gasteiger partial charge is 0.508 e. The Hall–Kier alpha value is -1.75. The molecule has 0 bridgehead atoms. The Morgan fingerprint density at radius 2 is 2.26 bits per heavy atom. The lowest BCUT2D eigenvalue weighted by Gasteiger charge is -2.33. The van der Waals surface area contributed by atoms with E-state index in [2.05, 4.69) is 4.90 Å². The third kappa shape index (κ3) is 2.98. The van der Waals surface area contributed by atoms with Gasteiger partial charge in [-0.25, -0.2) is 0 Å². The second kappa shape index (κ2) is 5.48. The Labute approximate surface area is 113 Å². The number of phenols is 1. The average Bonchev–Trinajstić information content (AvgIpc) is 2.38. The first kappa shape index (κ1) is 13.7.